The Morgan fingerprint density at radius 3 is 2.47 bits per heavy atom. The van der Waals surface area contributed by atoms with Gasteiger partial charge in [-0.1, -0.05) is 36.4 Å². The van der Waals surface area contributed by atoms with Crippen LogP contribution in [-0.4, -0.2) is 30.1 Å². The Balaban J connectivity index is 2.33. The van der Waals surface area contributed by atoms with Gasteiger partial charge in [0.05, 0.1) is 12.7 Å². The second kappa shape index (κ2) is 5.36. The van der Waals surface area contributed by atoms with Gasteiger partial charge in [-0.05, 0) is 19.9 Å². The van der Waals surface area contributed by atoms with Gasteiger partial charge in [-0.3, -0.25) is 4.79 Å². The first kappa shape index (κ1) is 13.5. The topological polar surface area (TPSA) is 52.6 Å². The molecule has 1 aromatic carbocycles. The van der Waals surface area contributed by atoms with Gasteiger partial charge >= 0.3 is 5.97 Å². The third-order valence-electron chi connectivity index (χ3n) is 2.78. The first-order valence-corrected chi connectivity index (χ1v) is 6.19. The molecule has 0 bridgehead atoms. The van der Waals surface area contributed by atoms with Gasteiger partial charge in [-0.15, -0.1) is 0 Å². The molecular formula is C15H16O4. The Bertz CT molecular complexity index is 504. The monoisotopic (exact) mass is 260 g/mol. The van der Waals surface area contributed by atoms with E-state index in [-0.39, 0.29) is 12.7 Å². The molecule has 1 heterocycles. The van der Waals surface area contributed by atoms with Gasteiger partial charge in [0.2, 0.25) is 11.4 Å². The summed E-state index contributed by atoms with van der Waals surface area (Å²) in [5, 5.41) is 0. The lowest BCUT2D eigenvalue weighted by atomic mass is 9.93. The Morgan fingerprint density at radius 2 is 1.95 bits per heavy atom. The van der Waals surface area contributed by atoms with Crippen LogP contribution in [0.4, 0.5) is 0 Å². The third kappa shape index (κ3) is 2.58. The first-order chi connectivity index (χ1) is 9.06. The van der Waals surface area contributed by atoms with Gasteiger partial charge in [0, 0.05) is 5.56 Å². The molecule has 1 atom stereocenters. The average molecular weight is 260 g/mol. The molecule has 0 saturated heterocycles. The van der Waals surface area contributed by atoms with Gasteiger partial charge in [0.15, 0.2) is 0 Å². The van der Waals surface area contributed by atoms with E-state index in [9.17, 15) is 9.59 Å². The molecule has 0 spiro atoms. The Hall–Kier alpha value is -1.94. The van der Waals surface area contributed by atoms with E-state index >= 15 is 0 Å². The molecular weight excluding hydrogens is 244 g/mol. The smallest absolute Gasteiger partial charge is 0.351 e. The summed E-state index contributed by atoms with van der Waals surface area (Å²) in [6, 6.07) is 8.60. The molecule has 2 rings (SSSR count). The summed E-state index contributed by atoms with van der Waals surface area (Å²) in [6.07, 6.45) is 2.83. The van der Waals surface area contributed by atoms with Crippen molar-refractivity contribution in [3.63, 3.8) is 0 Å². The number of Topliss-reactive ketones (excluding diaryl/α,β-unsaturated/α-hetero) is 1. The number of rotatable bonds is 4. The largest absolute Gasteiger partial charge is 0.460 e. The van der Waals surface area contributed by atoms with Gasteiger partial charge in [-0.2, -0.15) is 0 Å². The normalized spacial score (nSPS) is 21.6. The van der Waals surface area contributed by atoms with Crippen LogP contribution in [-0.2, 0) is 14.3 Å². The van der Waals surface area contributed by atoms with E-state index in [1.807, 2.05) is 0 Å². The number of ether oxygens (including phenoxy) is 2. The van der Waals surface area contributed by atoms with E-state index in [1.54, 1.807) is 50.3 Å². The van der Waals surface area contributed by atoms with Gasteiger partial charge in [-0.25, -0.2) is 4.79 Å². The minimum atomic E-state index is -1.63. The summed E-state index contributed by atoms with van der Waals surface area (Å²) in [5.74, 6) is -1.06. The summed E-state index contributed by atoms with van der Waals surface area (Å²) >= 11 is 0. The average Bonchev–Trinajstić information content (AvgIpc) is 2.89. The van der Waals surface area contributed by atoms with Crippen molar-refractivity contribution in [3.8, 4) is 0 Å². The lowest BCUT2D eigenvalue weighted by Gasteiger charge is -2.24. The fourth-order valence-electron chi connectivity index (χ4n) is 1.91. The molecule has 0 aliphatic carbocycles. The number of benzene rings is 1. The zero-order chi connectivity index (χ0) is 13.9. The van der Waals surface area contributed by atoms with E-state index in [1.165, 1.54) is 6.08 Å². The molecule has 0 aromatic heterocycles. The SMILES string of the molecule is CC(C)OC(=O)C1(C(=O)c2ccccc2)C=CCO1. The van der Waals surface area contributed by atoms with E-state index in [4.69, 9.17) is 9.47 Å². The van der Waals surface area contributed by atoms with Crippen molar-refractivity contribution in [3.05, 3.63) is 48.0 Å². The number of carbonyl (C=O) groups is 2. The van der Waals surface area contributed by atoms with Crippen LogP contribution in [0, 0.1) is 0 Å². The van der Waals surface area contributed by atoms with Crippen molar-refractivity contribution in [2.24, 2.45) is 0 Å². The maximum atomic E-state index is 12.5. The van der Waals surface area contributed by atoms with Crippen molar-refractivity contribution in [1.29, 1.82) is 0 Å². The van der Waals surface area contributed by atoms with Crippen molar-refractivity contribution in [1.82, 2.24) is 0 Å². The standard InChI is InChI=1S/C15H16O4/c1-11(2)19-14(17)15(9-6-10-18-15)13(16)12-7-4-3-5-8-12/h3-9,11H,10H2,1-2H3. The van der Waals surface area contributed by atoms with Gasteiger partial charge in [0.1, 0.15) is 0 Å². The molecule has 0 fully saturated rings. The van der Waals surface area contributed by atoms with E-state index in [2.05, 4.69) is 0 Å². The fraction of sp³-hybridized carbons (Fsp3) is 0.333. The molecule has 0 N–H and O–H groups in total. The zero-order valence-corrected chi connectivity index (χ0v) is 11.0. The summed E-state index contributed by atoms with van der Waals surface area (Å²) in [4.78, 5) is 24.7. The molecule has 0 radical (unpaired) electrons. The molecule has 1 unspecified atom stereocenters. The van der Waals surface area contributed by atoms with Crippen LogP contribution in [0.2, 0.25) is 0 Å². The minimum absolute atomic E-state index is 0.228. The molecule has 0 saturated carbocycles. The molecule has 100 valence electrons. The van der Waals surface area contributed by atoms with Crippen LogP contribution in [0.1, 0.15) is 24.2 Å². The lowest BCUT2D eigenvalue weighted by Crippen LogP contribution is -2.47. The van der Waals surface area contributed by atoms with Gasteiger partial charge in [0.25, 0.3) is 0 Å². The van der Waals surface area contributed by atoms with Crippen molar-refractivity contribution >= 4 is 11.8 Å². The molecule has 1 aromatic rings. The summed E-state index contributed by atoms with van der Waals surface area (Å²) in [5.41, 5.74) is -1.21. The highest BCUT2D eigenvalue weighted by atomic mass is 16.6. The maximum absolute atomic E-state index is 12.5. The zero-order valence-electron chi connectivity index (χ0n) is 11.0. The predicted octanol–water partition coefficient (Wildman–Crippen LogP) is 2.15. The van der Waals surface area contributed by atoms with Crippen molar-refractivity contribution < 1.29 is 19.1 Å². The Morgan fingerprint density at radius 1 is 1.26 bits per heavy atom. The first-order valence-electron chi connectivity index (χ1n) is 6.19. The lowest BCUT2D eigenvalue weighted by molar-refractivity contribution is -0.162. The second-order valence-electron chi connectivity index (χ2n) is 4.60. The van der Waals surface area contributed by atoms with Crippen LogP contribution in [0.25, 0.3) is 0 Å². The number of hydrogen-bond donors (Lipinski definition) is 0. The summed E-state index contributed by atoms with van der Waals surface area (Å²) < 4.78 is 10.5. The summed E-state index contributed by atoms with van der Waals surface area (Å²) in [6.45, 7) is 3.69. The van der Waals surface area contributed by atoms with Crippen molar-refractivity contribution in [2.45, 2.75) is 25.6 Å². The summed E-state index contributed by atoms with van der Waals surface area (Å²) in [7, 11) is 0. The van der Waals surface area contributed by atoms with Crippen LogP contribution in [0.15, 0.2) is 42.5 Å². The van der Waals surface area contributed by atoms with Gasteiger partial charge < -0.3 is 9.47 Å². The number of carbonyl (C=O) groups excluding carboxylic acids is 2. The Kier molecular flexibility index (Phi) is 3.81. The quantitative estimate of drug-likeness (QED) is 0.360. The molecule has 1 aliphatic rings. The molecule has 19 heavy (non-hydrogen) atoms. The number of ketones is 1. The maximum Gasteiger partial charge on any atom is 0.351 e. The van der Waals surface area contributed by atoms with Crippen LogP contribution < -0.4 is 0 Å². The minimum Gasteiger partial charge on any atom is -0.460 e. The van der Waals surface area contributed by atoms with E-state index < -0.39 is 17.4 Å². The highest BCUT2D eigenvalue weighted by Crippen LogP contribution is 2.26. The molecule has 4 heteroatoms. The van der Waals surface area contributed by atoms with E-state index in [0.29, 0.717) is 5.56 Å². The van der Waals surface area contributed by atoms with Crippen LogP contribution in [0.3, 0.4) is 0 Å². The predicted molar refractivity (Wildman–Crippen MR) is 69.8 cm³/mol. The molecule has 1 aliphatic heterocycles. The van der Waals surface area contributed by atoms with E-state index in [0.717, 1.165) is 0 Å². The fourth-order valence-corrected chi connectivity index (χ4v) is 1.91. The highest BCUT2D eigenvalue weighted by Gasteiger charge is 2.49. The molecule has 0 amide bonds. The second-order valence-corrected chi connectivity index (χ2v) is 4.60. The van der Waals surface area contributed by atoms with Crippen molar-refractivity contribution in [2.75, 3.05) is 6.61 Å². The molecule has 4 nitrogen and oxygen atoms in total. The third-order valence-corrected chi connectivity index (χ3v) is 2.78. The highest BCUT2D eigenvalue weighted by molar-refractivity contribution is 6.17. The van der Waals surface area contributed by atoms with Crippen LogP contribution >= 0.6 is 0 Å². The number of hydrogen-bond acceptors (Lipinski definition) is 4. The number of esters is 1. The van der Waals surface area contributed by atoms with Crippen LogP contribution in [0.5, 0.6) is 0 Å². The Labute approximate surface area is 112 Å².